The number of hydrogen-bond acceptors (Lipinski definition) is 6. The van der Waals surface area contributed by atoms with E-state index in [9.17, 15) is 0 Å². The van der Waals surface area contributed by atoms with Gasteiger partial charge in [-0.15, -0.1) is 0 Å². The average molecular weight is 458 g/mol. The van der Waals surface area contributed by atoms with Gasteiger partial charge >= 0.3 is 0 Å². The van der Waals surface area contributed by atoms with Crippen LogP contribution >= 0.6 is 23.2 Å². The Morgan fingerprint density at radius 1 is 1.03 bits per heavy atom. The van der Waals surface area contributed by atoms with Gasteiger partial charge in [0.1, 0.15) is 11.5 Å². The largest absolute Gasteiger partial charge is 0.497 e. The number of anilines is 1. The average Bonchev–Trinajstić information content (AvgIpc) is 3.15. The van der Waals surface area contributed by atoms with Crippen LogP contribution in [0, 0.1) is 0 Å². The Labute approximate surface area is 190 Å². The van der Waals surface area contributed by atoms with Crippen LogP contribution < -0.4 is 14.4 Å². The van der Waals surface area contributed by atoms with Crippen molar-refractivity contribution in [1.82, 2.24) is 19.5 Å². The monoisotopic (exact) mass is 457 g/mol. The molecule has 0 N–H and O–H groups in total. The highest BCUT2D eigenvalue weighted by Gasteiger charge is 2.18. The molecule has 2 aromatic carbocycles. The summed E-state index contributed by atoms with van der Waals surface area (Å²) >= 11 is 12.4. The van der Waals surface area contributed by atoms with Crippen LogP contribution in [0.1, 0.15) is 11.1 Å². The van der Waals surface area contributed by atoms with Crippen LogP contribution in [0.4, 0.5) is 5.82 Å². The van der Waals surface area contributed by atoms with Gasteiger partial charge in [-0.1, -0.05) is 23.7 Å². The van der Waals surface area contributed by atoms with Gasteiger partial charge in [-0.05, 0) is 41.4 Å². The molecular formula is C22H21Cl2N5O2. The van der Waals surface area contributed by atoms with E-state index < -0.39 is 0 Å². The normalized spacial score (nSPS) is 11.0. The third-order valence-corrected chi connectivity index (χ3v) is 5.33. The van der Waals surface area contributed by atoms with Crippen LogP contribution in [0.3, 0.4) is 0 Å². The highest BCUT2D eigenvalue weighted by atomic mass is 35.5. The molecule has 0 unspecified atom stereocenters. The summed E-state index contributed by atoms with van der Waals surface area (Å²) < 4.78 is 12.7. The zero-order valence-electron chi connectivity index (χ0n) is 17.3. The van der Waals surface area contributed by atoms with Gasteiger partial charge in [0.05, 0.1) is 27.1 Å². The second-order valence-corrected chi connectivity index (χ2v) is 7.80. The molecule has 0 saturated heterocycles. The summed E-state index contributed by atoms with van der Waals surface area (Å²) in [5, 5.41) is 0.840. The van der Waals surface area contributed by atoms with Crippen LogP contribution in [-0.2, 0) is 13.1 Å². The second kappa shape index (κ2) is 8.99. The molecule has 0 bridgehead atoms. The molecule has 2 aromatic heterocycles. The van der Waals surface area contributed by atoms with Crippen LogP contribution in [0.5, 0.6) is 11.5 Å². The van der Waals surface area contributed by atoms with E-state index in [4.69, 9.17) is 32.7 Å². The van der Waals surface area contributed by atoms with Gasteiger partial charge in [-0.3, -0.25) is 0 Å². The molecule has 0 aliphatic carbocycles. The molecule has 7 nitrogen and oxygen atoms in total. The molecule has 4 aromatic rings. The number of benzene rings is 2. The smallest absolute Gasteiger partial charge is 0.226 e. The summed E-state index contributed by atoms with van der Waals surface area (Å²) in [6, 6.07) is 13.4. The van der Waals surface area contributed by atoms with E-state index in [0.717, 1.165) is 22.6 Å². The predicted octanol–water partition coefficient (Wildman–Crippen LogP) is 4.84. The van der Waals surface area contributed by atoms with Gasteiger partial charge in [0.15, 0.2) is 17.0 Å². The highest BCUT2D eigenvalue weighted by molar-refractivity contribution is 6.30. The first-order valence-electron chi connectivity index (χ1n) is 9.53. The van der Waals surface area contributed by atoms with E-state index in [0.29, 0.717) is 35.1 Å². The second-order valence-electron chi connectivity index (χ2n) is 7.02. The molecular weight excluding hydrogens is 437 g/mol. The SMILES string of the molecule is COc1ccc(CN(C)c2nc(Cl)nc3c2ncn3Cc2cccc(Cl)c2)c(OC)c1. The van der Waals surface area contributed by atoms with E-state index >= 15 is 0 Å². The molecule has 0 aliphatic heterocycles. The molecule has 4 rings (SSSR count). The Balaban J connectivity index is 1.67. The Morgan fingerprint density at radius 2 is 1.87 bits per heavy atom. The summed E-state index contributed by atoms with van der Waals surface area (Å²) in [7, 11) is 5.19. The molecule has 0 saturated carbocycles. The highest BCUT2D eigenvalue weighted by Crippen LogP contribution is 2.29. The van der Waals surface area contributed by atoms with Crippen LogP contribution in [0.2, 0.25) is 10.3 Å². The minimum absolute atomic E-state index is 0.156. The summed E-state index contributed by atoms with van der Waals surface area (Å²) in [5.74, 6) is 2.10. The first-order valence-corrected chi connectivity index (χ1v) is 10.3. The lowest BCUT2D eigenvalue weighted by atomic mass is 10.1. The van der Waals surface area contributed by atoms with E-state index in [-0.39, 0.29) is 5.28 Å². The summed E-state index contributed by atoms with van der Waals surface area (Å²) in [6.07, 6.45) is 1.74. The van der Waals surface area contributed by atoms with Crippen molar-refractivity contribution in [2.75, 3.05) is 26.2 Å². The molecule has 160 valence electrons. The van der Waals surface area contributed by atoms with E-state index in [1.807, 2.05) is 59.0 Å². The molecule has 9 heteroatoms. The van der Waals surface area contributed by atoms with Crippen molar-refractivity contribution in [2.45, 2.75) is 13.1 Å². The fraction of sp³-hybridized carbons (Fsp3) is 0.227. The minimum atomic E-state index is 0.156. The maximum Gasteiger partial charge on any atom is 0.226 e. The molecule has 0 amide bonds. The molecule has 2 heterocycles. The van der Waals surface area contributed by atoms with Crippen molar-refractivity contribution in [3.63, 3.8) is 0 Å². The van der Waals surface area contributed by atoms with Crippen molar-refractivity contribution in [2.24, 2.45) is 0 Å². The van der Waals surface area contributed by atoms with Gasteiger partial charge in [0.2, 0.25) is 5.28 Å². The number of aromatic nitrogens is 4. The van der Waals surface area contributed by atoms with Crippen LogP contribution in [0.25, 0.3) is 11.2 Å². The Bertz CT molecular complexity index is 1230. The summed E-state index contributed by atoms with van der Waals surface area (Å²) in [5.41, 5.74) is 3.34. The maximum atomic E-state index is 6.27. The maximum absolute atomic E-state index is 6.27. The predicted molar refractivity (Wildman–Crippen MR) is 123 cm³/mol. The van der Waals surface area contributed by atoms with Crippen molar-refractivity contribution >= 4 is 40.2 Å². The molecule has 0 fully saturated rings. The number of hydrogen-bond donors (Lipinski definition) is 0. The van der Waals surface area contributed by atoms with Crippen molar-refractivity contribution in [3.8, 4) is 11.5 Å². The van der Waals surface area contributed by atoms with Gasteiger partial charge in [-0.2, -0.15) is 9.97 Å². The fourth-order valence-corrected chi connectivity index (χ4v) is 3.80. The summed E-state index contributed by atoms with van der Waals surface area (Å²) in [4.78, 5) is 15.4. The molecule has 0 atom stereocenters. The van der Waals surface area contributed by atoms with Crippen molar-refractivity contribution in [1.29, 1.82) is 0 Å². The topological polar surface area (TPSA) is 65.3 Å². The first-order chi connectivity index (χ1) is 15.0. The van der Waals surface area contributed by atoms with Gasteiger partial charge in [-0.25, -0.2) is 4.98 Å². The lowest BCUT2D eigenvalue weighted by Crippen LogP contribution is -2.19. The quantitative estimate of drug-likeness (QED) is 0.370. The molecule has 0 radical (unpaired) electrons. The zero-order chi connectivity index (χ0) is 22.0. The Kier molecular flexibility index (Phi) is 6.15. The zero-order valence-corrected chi connectivity index (χ0v) is 18.9. The van der Waals surface area contributed by atoms with Crippen LogP contribution in [-0.4, -0.2) is 40.8 Å². The minimum Gasteiger partial charge on any atom is -0.497 e. The van der Waals surface area contributed by atoms with Gasteiger partial charge in [0.25, 0.3) is 0 Å². The van der Waals surface area contributed by atoms with Crippen LogP contribution in [0.15, 0.2) is 48.8 Å². The lowest BCUT2D eigenvalue weighted by molar-refractivity contribution is 0.391. The fourth-order valence-electron chi connectivity index (χ4n) is 3.43. The standard InChI is InChI=1S/C22H21Cl2N5O2/c1-28(12-15-7-8-17(30-2)10-18(15)31-3)20-19-21(27-22(24)26-20)29(13-25-19)11-14-5-4-6-16(23)9-14/h4-10,13H,11-12H2,1-3H3. The number of halogens is 2. The van der Waals surface area contributed by atoms with E-state index in [1.54, 1.807) is 20.5 Å². The molecule has 0 spiro atoms. The van der Waals surface area contributed by atoms with E-state index in [2.05, 4.69) is 15.0 Å². The third kappa shape index (κ3) is 4.52. The summed E-state index contributed by atoms with van der Waals surface area (Å²) in [6.45, 7) is 1.11. The number of fused-ring (bicyclic) bond motifs is 1. The third-order valence-electron chi connectivity index (χ3n) is 4.92. The van der Waals surface area contributed by atoms with Gasteiger partial charge < -0.3 is 18.9 Å². The number of methoxy groups -OCH3 is 2. The Morgan fingerprint density at radius 3 is 2.61 bits per heavy atom. The van der Waals surface area contributed by atoms with Crippen molar-refractivity contribution < 1.29 is 9.47 Å². The molecule has 31 heavy (non-hydrogen) atoms. The van der Waals surface area contributed by atoms with Crippen molar-refractivity contribution in [3.05, 3.63) is 70.2 Å². The Hall–Kier alpha value is -3.03. The lowest BCUT2D eigenvalue weighted by Gasteiger charge is -2.20. The molecule has 0 aliphatic rings. The number of rotatable bonds is 7. The van der Waals surface area contributed by atoms with Gasteiger partial charge in [0, 0.05) is 30.2 Å². The van der Waals surface area contributed by atoms with E-state index in [1.165, 1.54) is 0 Å². The number of ether oxygens (including phenoxy) is 2. The number of nitrogens with zero attached hydrogens (tertiary/aromatic N) is 5. The first kappa shape index (κ1) is 21.2. The number of imidazole rings is 1.